The van der Waals surface area contributed by atoms with Crippen LogP contribution in [-0.2, 0) is 11.2 Å². The summed E-state index contributed by atoms with van der Waals surface area (Å²) in [6, 6.07) is 28.2. The number of hydrogen-bond donors (Lipinski definition) is 1. The molecule has 1 aliphatic heterocycles. The van der Waals surface area contributed by atoms with Crippen LogP contribution >= 0.6 is 0 Å². The summed E-state index contributed by atoms with van der Waals surface area (Å²) in [6.07, 6.45) is 0.784. The van der Waals surface area contributed by atoms with Gasteiger partial charge in [-0.1, -0.05) is 71.8 Å². The number of carbonyl (C=O) groups is 1. The van der Waals surface area contributed by atoms with Crippen LogP contribution in [0.2, 0.25) is 0 Å². The summed E-state index contributed by atoms with van der Waals surface area (Å²) in [5.74, 6) is 0.730. The molecular formula is C26H27N7O. The molecule has 1 N–H and O–H groups in total. The van der Waals surface area contributed by atoms with Gasteiger partial charge in [-0.2, -0.15) is 4.68 Å². The molecule has 1 fully saturated rings. The first kappa shape index (κ1) is 21.8. The maximum Gasteiger partial charge on any atom is 0.250 e. The van der Waals surface area contributed by atoms with Crippen molar-refractivity contribution in [3.05, 3.63) is 96.1 Å². The van der Waals surface area contributed by atoms with E-state index in [9.17, 15) is 4.79 Å². The first-order chi connectivity index (χ1) is 16.8. The van der Waals surface area contributed by atoms with Crippen LogP contribution in [0.1, 0.15) is 11.1 Å². The second kappa shape index (κ2) is 10.3. The van der Waals surface area contributed by atoms with E-state index in [2.05, 4.69) is 48.8 Å². The number of carbonyl (C=O) groups excluding carboxylic acids is 1. The Balaban J connectivity index is 1.17. The molecule has 0 aliphatic carbocycles. The van der Waals surface area contributed by atoms with Gasteiger partial charge in [0.05, 0.1) is 12.2 Å². The predicted molar refractivity (Wildman–Crippen MR) is 132 cm³/mol. The lowest BCUT2D eigenvalue weighted by Crippen LogP contribution is -2.49. The topological polar surface area (TPSA) is 79.2 Å². The Hall–Kier alpha value is -4.04. The normalized spacial score (nSPS) is 14.2. The van der Waals surface area contributed by atoms with E-state index < -0.39 is 0 Å². The quantitative estimate of drug-likeness (QED) is 0.464. The first-order valence-corrected chi connectivity index (χ1v) is 11.5. The zero-order valence-electron chi connectivity index (χ0n) is 18.9. The first-order valence-electron chi connectivity index (χ1n) is 11.5. The van der Waals surface area contributed by atoms with Crippen molar-refractivity contribution in [2.45, 2.75) is 6.42 Å². The van der Waals surface area contributed by atoms with Gasteiger partial charge in [0.25, 0.3) is 0 Å². The van der Waals surface area contributed by atoms with Gasteiger partial charge in [-0.05, 0) is 46.2 Å². The van der Waals surface area contributed by atoms with Crippen molar-refractivity contribution in [1.82, 2.24) is 25.1 Å². The molecule has 0 unspecified atom stereocenters. The number of tetrazole rings is 1. The van der Waals surface area contributed by atoms with Crippen molar-refractivity contribution in [1.29, 1.82) is 0 Å². The molecule has 1 saturated heterocycles. The summed E-state index contributed by atoms with van der Waals surface area (Å²) in [5.41, 5.74) is 4.13. The van der Waals surface area contributed by atoms with Gasteiger partial charge in [0.2, 0.25) is 11.9 Å². The molecule has 0 bridgehead atoms. The van der Waals surface area contributed by atoms with Crippen LogP contribution in [0.3, 0.4) is 0 Å². The van der Waals surface area contributed by atoms with E-state index in [4.69, 9.17) is 0 Å². The largest absolute Gasteiger partial charge is 0.337 e. The molecule has 8 heteroatoms. The third-order valence-electron chi connectivity index (χ3n) is 6.01. The lowest BCUT2D eigenvalue weighted by Gasteiger charge is -2.34. The van der Waals surface area contributed by atoms with Crippen LogP contribution in [-0.4, -0.2) is 63.7 Å². The highest BCUT2D eigenvalue weighted by molar-refractivity contribution is 5.93. The minimum absolute atomic E-state index is 0.00285. The summed E-state index contributed by atoms with van der Waals surface area (Å²) in [7, 11) is 0. The molecule has 0 saturated carbocycles. The molecule has 172 valence electrons. The number of hydrogen-bond acceptors (Lipinski definition) is 6. The van der Waals surface area contributed by atoms with Crippen LogP contribution in [0.25, 0.3) is 5.69 Å². The Morgan fingerprint density at radius 3 is 2.26 bits per heavy atom. The molecule has 34 heavy (non-hydrogen) atoms. The standard InChI is InChI=1S/C26H27N7O/c34-25(27-24-14-8-7-11-22(24)19-21-9-3-1-4-10-21)20-31-15-17-32(18-16-31)26-28-29-30-33(26)23-12-5-2-6-13-23/h1-14H,15-20H2,(H,27,34). The van der Waals surface area contributed by atoms with Crippen LogP contribution in [0, 0.1) is 0 Å². The molecular weight excluding hydrogens is 426 g/mol. The lowest BCUT2D eigenvalue weighted by molar-refractivity contribution is -0.117. The van der Waals surface area contributed by atoms with E-state index in [0.29, 0.717) is 6.54 Å². The van der Waals surface area contributed by atoms with Crippen molar-refractivity contribution in [3.63, 3.8) is 0 Å². The number of piperazine rings is 1. The summed E-state index contributed by atoms with van der Waals surface area (Å²) >= 11 is 0. The summed E-state index contributed by atoms with van der Waals surface area (Å²) in [5, 5.41) is 15.4. The molecule has 0 radical (unpaired) electrons. The third-order valence-corrected chi connectivity index (χ3v) is 6.01. The molecule has 1 aromatic heterocycles. The number of anilines is 2. The molecule has 0 spiro atoms. The fourth-order valence-corrected chi connectivity index (χ4v) is 4.23. The van der Waals surface area contributed by atoms with E-state index in [0.717, 1.165) is 55.5 Å². The Bertz CT molecular complexity index is 1220. The monoisotopic (exact) mass is 453 g/mol. The highest BCUT2D eigenvalue weighted by Crippen LogP contribution is 2.20. The number of para-hydroxylation sites is 2. The SMILES string of the molecule is O=C(CN1CCN(c2nnnn2-c2ccccc2)CC1)Nc1ccccc1Cc1ccccc1. The second-order valence-corrected chi connectivity index (χ2v) is 8.36. The molecule has 3 aromatic carbocycles. The summed E-state index contributed by atoms with van der Waals surface area (Å²) < 4.78 is 1.76. The molecule has 1 aliphatic rings. The van der Waals surface area contributed by atoms with Gasteiger partial charge in [0.15, 0.2) is 0 Å². The number of nitrogens with one attached hydrogen (secondary N) is 1. The van der Waals surface area contributed by atoms with Crippen molar-refractivity contribution in [3.8, 4) is 5.69 Å². The average Bonchev–Trinajstić information content (AvgIpc) is 3.37. The highest BCUT2D eigenvalue weighted by atomic mass is 16.2. The van der Waals surface area contributed by atoms with Crippen LogP contribution < -0.4 is 10.2 Å². The van der Waals surface area contributed by atoms with Gasteiger partial charge in [-0.3, -0.25) is 9.69 Å². The average molecular weight is 454 g/mol. The van der Waals surface area contributed by atoms with Crippen LogP contribution in [0.5, 0.6) is 0 Å². The van der Waals surface area contributed by atoms with Crippen molar-refractivity contribution < 1.29 is 4.79 Å². The molecule has 4 aromatic rings. The number of nitrogens with zero attached hydrogens (tertiary/aromatic N) is 6. The van der Waals surface area contributed by atoms with Crippen molar-refractivity contribution in [2.24, 2.45) is 0 Å². The van der Waals surface area contributed by atoms with Gasteiger partial charge in [0, 0.05) is 31.9 Å². The second-order valence-electron chi connectivity index (χ2n) is 8.36. The van der Waals surface area contributed by atoms with E-state index in [1.807, 2.05) is 66.7 Å². The number of amides is 1. The van der Waals surface area contributed by atoms with E-state index in [1.54, 1.807) is 4.68 Å². The Labute approximate surface area is 198 Å². The number of rotatable bonds is 7. The smallest absolute Gasteiger partial charge is 0.250 e. The minimum atomic E-state index is 0.00285. The maximum atomic E-state index is 12.8. The zero-order chi connectivity index (χ0) is 23.2. The van der Waals surface area contributed by atoms with Gasteiger partial charge in [-0.25, -0.2) is 0 Å². The van der Waals surface area contributed by atoms with Gasteiger partial charge >= 0.3 is 0 Å². The molecule has 5 rings (SSSR count). The fourth-order valence-electron chi connectivity index (χ4n) is 4.23. The predicted octanol–water partition coefficient (Wildman–Crippen LogP) is 3.01. The minimum Gasteiger partial charge on any atom is -0.337 e. The van der Waals surface area contributed by atoms with Crippen molar-refractivity contribution in [2.75, 3.05) is 42.9 Å². The van der Waals surface area contributed by atoms with Crippen LogP contribution in [0.4, 0.5) is 11.6 Å². The van der Waals surface area contributed by atoms with E-state index in [1.165, 1.54) is 5.56 Å². The summed E-state index contributed by atoms with van der Waals surface area (Å²) in [4.78, 5) is 17.2. The van der Waals surface area contributed by atoms with Gasteiger partial charge in [-0.15, -0.1) is 0 Å². The Morgan fingerprint density at radius 2 is 1.50 bits per heavy atom. The van der Waals surface area contributed by atoms with E-state index in [-0.39, 0.29) is 5.91 Å². The third kappa shape index (κ3) is 5.13. The molecule has 2 heterocycles. The van der Waals surface area contributed by atoms with E-state index >= 15 is 0 Å². The molecule has 0 atom stereocenters. The zero-order valence-corrected chi connectivity index (χ0v) is 18.9. The van der Waals surface area contributed by atoms with Gasteiger partial charge < -0.3 is 10.2 Å². The Kier molecular flexibility index (Phi) is 6.58. The number of aromatic nitrogens is 4. The number of benzene rings is 3. The lowest BCUT2D eigenvalue weighted by atomic mass is 10.0. The molecule has 1 amide bonds. The highest BCUT2D eigenvalue weighted by Gasteiger charge is 2.23. The molecule has 8 nitrogen and oxygen atoms in total. The van der Waals surface area contributed by atoms with Crippen molar-refractivity contribution >= 4 is 17.5 Å². The summed E-state index contributed by atoms with van der Waals surface area (Å²) in [6.45, 7) is 3.40. The maximum absolute atomic E-state index is 12.8. The van der Waals surface area contributed by atoms with Gasteiger partial charge in [0.1, 0.15) is 0 Å². The Morgan fingerprint density at radius 1 is 0.824 bits per heavy atom. The fraction of sp³-hybridized carbons (Fsp3) is 0.231. The van der Waals surface area contributed by atoms with Crippen LogP contribution in [0.15, 0.2) is 84.9 Å².